The van der Waals surface area contributed by atoms with E-state index in [1.165, 1.54) is 36.0 Å². The molecule has 1 atom stereocenters. The van der Waals surface area contributed by atoms with E-state index in [1.54, 1.807) is 6.07 Å². The Morgan fingerprint density at radius 2 is 1.91 bits per heavy atom. The van der Waals surface area contributed by atoms with Crippen molar-refractivity contribution in [1.82, 2.24) is 0 Å². The van der Waals surface area contributed by atoms with Crippen LogP contribution in [0.3, 0.4) is 0 Å². The van der Waals surface area contributed by atoms with Crippen molar-refractivity contribution in [3.63, 3.8) is 0 Å². The maximum atomic E-state index is 12.7. The molecule has 1 unspecified atom stereocenters. The third kappa shape index (κ3) is 6.63. The van der Waals surface area contributed by atoms with E-state index in [2.05, 4.69) is 15.4 Å². The van der Waals surface area contributed by atoms with Crippen molar-refractivity contribution in [3.05, 3.63) is 42.5 Å². The SMILES string of the molecule is CC1CC(=O)Nc2cc(S(=O)(=O)CCC(=O)Nc3ccc(OC(F)(F)F)cc3)ccc2S1. The van der Waals surface area contributed by atoms with Gasteiger partial charge in [-0.2, -0.15) is 0 Å². The van der Waals surface area contributed by atoms with Gasteiger partial charge in [-0.1, -0.05) is 6.92 Å². The van der Waals surface area contributed by atoms with Crippen LogP contribution in [0.5, 0.6) is 5.75 Å². The van der Waals surface area contributed by atoms with Gasteiger partial charge in [0, 0.05) is 28.7 Å². The minimum atomic E-state index is -4.82. The quantitative estimate of drug-likeness (QED) is 0.632. The highest BCUT2D eigenvalue weighted by atomic mass is 32.2. The largest absolute Gasteiger partial charge is 0.573 e. The number of alkyl halides is 3. The number of ether oxygens (including phenoxy) is 1. The number of carbonyl (C=O) groups excluding carboxylic acids is 2. The van der Waals surface area contributed by atoms with E-state index < -0.39 is 33.6 Å². The van der Waals surface area contributed by atoms with E-state index in [0.717, 1.165) is 17.0 Å². The highest BCUT2D eigenvalue weighted by Crippen LogP contribution is 2.36. The lowest BCUT2D eigenvalue weighted by Gasteiger charge is -2.11. The number of halogens is 3. The standard InChI is InChI=1S/C20H19F3N2O5S2/c1-12-10-19(27)25-16-11-15(6-7-17(16)31-12)32(28,29)9-8-18(26)24-13-2-4-14(5-3-13)30-20(21,22)23/h2-7,11-12H,8-10H2,1H3,(H,24,26)(H,25,27). The lowest BCUT2D eigenvalue weighted by molar-refractivity contribution is -0.274. The number of rotatable bonds is 6. The van der Waals surface area contributed by atoms with E-state index in [0.29, 0.717) is 12.1 Å². The lowest BCUT2D eigenvalue weighted by atomic mass is 10.3. The Hall–Kier alpha value is -2.73. The van der Waals surface area contributed by atoms with Gasteiger partial charge in [0.2, 0.25) is 11.8 Å². The first-order chi connectivity index (χ1) is 14.9. The van der Waals surface area contributed by atoms with Crippen molar-refractivity contribution in [2.45, 2.75) is 41.2 Å². The van der Waals surface area contributed by atoms with Crippen LogP contribution in [0.1, 0.15) is 19.8 Å². The summed E-state index contributed by atoms with van der Waals surface area (Å²) in [6.07, 6.45) is -4.88. The van der Waals surface area contributed by atoms with E-state index in [-0.39, 0.29) is 28.2 Å². The predicted octanol–water partition coefficient (Wildman–Crippen LogP) is 4.21. The summed E-state index contributed by atoms with van der Waals surface area (Å²) in [7, 11) is -3.82. The van der Waals surface area contributed by atoms with Crippen LogP contribution in [0.15, 0.2) is 52.3 Å². The summed E-state index contributed by atoms with van der Waals surface area (Å²) in [5.41, 5.74) is 0.608. The molecule has 0 aliphatic carbocycles. The Kier molecular flexibility index (Phi) is 7.03. The van der Waals surface area contributed by atoms with Crippen LogP contribution in [0.25, 0.3) is 0 Å². The molecule has 0 radical (unpaired) electrons. The fourth-order valence-corrected chi connectivity index (χ4v) is 5.25. The molecule has 2 amide bonds. The van der Waals surface area contributed by atoms with Crippen LogP contribution in [0.4, 0.5) is 24.5 Å². The molecule has 0 spiro atoms. The number of hydrogen-bond donors (Lipinski definition) is 2. The Morgan fingerprint density at radius 1 is 1.22 bits per heavy atom. The second kappa shape index (κ2) is 9.41. The van der Waals surface area contributed by atoms with Gasteiger partial charge in [0.25, 0.3) is 0 Å². The molecule has 2 aromatic carbocycles. The van der Waals surface area contributed by atoms with Gasteiger partial charge in [0.15, 0.2) is 9.84 Å². The Morgan fingerprint density at radius 3 is 2.56 bits per heavy atom. The van der Waals surface area contributed by atoms with Crippen molar-refractivity contribution in [2.75, 3.05) is 16.4 Å². The molecule has 12 heteroatoms. The van der Waals surface area contributed by atoms with E-state index in [4.69, 9.17) is 0 Å². The molecule has 0 fully saturated rings. The summed E-state index contributed by atoms with van der Waals surface area (Å²) in [5.74, 6) is -1.75. The molecule has 1 aliphatic rings. The van der Waals surface area contributed by atoms with Crippen molar-refractivity contribution in [2.24, 2.45) is 0 Å². The molecule has 7 nitrogen and oxygen atoms in total. The number of fused-ring (bicyclic) bond motifs is 1. The van der Waals surface area contributed by atoms with E-state index in [1.807, 2.05) is 6.92 Å². The molecule has 32 heavy (non-hydrogen) atoms. The van der Waals surface area contributed by atoms with Crippen LogP contribution >= 0.6 is 11.8 Å². The highest BCUT2D eigenvalue weighted by Gasteiger charge is 2.31. The van der Waals surface area contributed by atoms with Gasteiger partial charge < -0.3 is 15.4 Å². The topological polar surface area (TPSA) is 102 Å². The van der Waals surface area contributed by atoms with E-state index in [9.17, 15) is 31.2 Å². The number of hydrogen-bond acceptors (Lipinski definition) is 6. The summed E-state index contributed by atoms with van der Waals surface area (Å²) in [4.78, 5) is 24.8. The van der Waals surface area contributed by atoms with Gasteiger partial charge in [-0.05, 0) is 42.5 Å². The molecule has 1 heterocycles. The van der Waals surface area contributed by atoms with E-state index >= 15 is 0 Å². The molecule has 2 N–H and O–H groups in total. The summed E-state index contributed by atoms with van der Waals surface area (Å²) >= 11 is 1.47. The van der Waals surface area contributed by atoms with Crippen LogP contribution in [0, 0.1) is 0 Å². The zero-order chi connectivity index (χ0) is 23.5. The molecule has 2 aromatic rings. The number of anilines is 2. The van der Waals surface area contributed by atoms with Gasteiger partial charge in [0.1, 0.15) is 5.75 Å². The van der Waals surface area contributed by atoms with Gasteiger partial charge >= 0.3 is 6.36 Å². The van der Waals surface area contributed by atoms with Gasteiger partial charge in [-0.15, -0.1) is 24.9 Å². The first-order valence-electron chi connectivity index (χ1n) is 9.40. The molecule has 0 saturated carbocycles. The smallest absolute Gasteiger partial charge is 0.406 e. The molecule has 172 valence electrons. The first-order valence-corrected chi connectivity index (χ1v) is 11.9. The predicted molar refractivity (Wildman–Crippen MR) is 113 cm³/mol. The average molecular weight is 489 g/mol. The second-order valence-corrected chi connectivity index (χ2v) is 10.6. The van der Waals surface area contributed by atoms with Crippen molar-refractivity contribution < 1.29 is 35.9 Å². The first kappa shape index (κ1) is 23.9. The van der Waals surface area contributed by atoms with Crippen LogP contribution in [-0.4, -0.2) is 37.6 Å². The van der Waals surface area contributed by atoms with Crippen LogP contribution in [0.2, 0.25) is 0 Å². The normalized spacial score (nSPS) is 16.5. The molecular formula is C20H19F3N2O5S2. The van der Waals surface area contributed by atoms with Crippen LogP contribution < -0.4 is 15.4 Å². The number of thioether (sulfide) groups is 1. The highest BCUT2D eigenvalue weighted by molar-refractivity contribution is 8.00. The monoisotopic (exact) mass is 488 g/mol. The maximum Gasteiger partial charge on any atom is 0.573 e. The second-order valence-electron chi connectivity index (χ2n) is 7.03. The van der Waals surface area contributed by atoms with Gasteiger partial charge in [-0.25, -0.2) is 8.42 Å². The molecule has 0 bridgehead atoms. The lowest BCUT2D eigenvalue weighted by Crippen LogP contribution is -2.18. The molecule has 0 aromatic heterocycles. The third-order valence-electron chi connectivity index (χ3n) is 4.35. The number of carbonyl (C=O) groups is 2. The van der Waals surface area contributed by atoms with Crippen molar-refractivity contribution in [3.8, 4) is 5.75 Å². The minimum Gasteiger partial charge on any atom is -0.406 e. The van der Waals surface area contributed by atoms with Gasteiger partial charge in [-0.3, -0.25) is 9.59 Å². The van der Waals surface area contributed by atoms with Gasteiger partial charge in [0.05, 0.1) is 16.3 Å². The Bertz CT molecular complexity index is 1120. The summed E-state index contributed by atoms with van der Waals surface area (Å²) in [6.45, 7) is 1.90. The molecule has 1 aliphatic heterocycles. The zero-order valence-electron chi connectivity index (χ0n) is 16.7. The number of nitrogens with one attached hydrogen (secondary N) is 2. The van der Waals surface area contributed by atoms with Crippen molar-refractivity contribution >= 4 is 44.8 Å². The number of benzene rings is 2. The molecule has 3 rings (SSSR count). The summed E-state index contributed by atoms with van der Waals surface area (Å²) in [6, 6.07) is 8.92. The molecular weight excluding hydrogens is 469 g/mol. The fraction of sp³-hybridized carbons (Fsp3) is 0.300. The maximum absolute atomic E-state index is 12.7. The number of amides is 2. The Balaban J connectivity index is 1.61. The number of sulfone groups is 1. The Labute approximate surface area is 186 Å². The summed E-state index contributed by atoms with van der Waals surface area (Å²) in [5, 5.41) is 5.17. The minimum absolute atomic E-state index is 0.0202. The van der Waals surface area contributed by atoms with Crippen molar-refractivity contribution in [1.29, 1.82) is 0 Å². The fourth-order valence-electron chi connectivity index (χ4n) is 2.93. The summed E-state index contributed by atoms with van der Waals surface area (Å²) < 4.78 is 65.6. The third-order valence-corrected chi connectivity index (χ3v) is 7.25. The van der Waals surface area contributed by atoms with Crippen LogP contribution in [-0.2, 0) is 19.4 Å². The average Bonchev–Trinajstić information content (AvgIpc) is 2.82. The zero-order valence-corrected chi connectivity index (χ0v) is 18.4. The molecule has 0 saturated heterocycles.